The summed E-state index contributed by atoms with van der Waals surface area (Å²) in [6, 6.07) is 0. The van der Waals surface area contributed by atoms with Gasteiger partial charge in [0.1, 0.15) is 0 Å². The first-order valence-electron chi connectivity index (χ1n) is 0.765. The number of phosphoric acid groups is 1. The topological polar surface area (TPSA) is 80.6 Å². The predicted molar refractivity (Wildman–Crippen MR) is 12.0 cm³/mol. The molecule has 0 aromatic heterocycles. The van der Waals surface area contributed by atoms with Crippen molar-refractivity contribution in [1.29, 1.82) is 0 Å². The summed E-state index contributed by atoms with van der Waals surface area (Å²) in [7, 11) is -4.89. The third kappa shape index (κ3) is 61.5. The van der Waals surface area contributed by atoms with Crippen LogP contribution < -0.4 is 56.3 Å². The number of rotatable bonds is 0. The van der Waals surface area contributed by atoms with Gasteiger partial charge >= 0.3 is 51.4 Å². The van der Waals surface area contributed by atoms with Crippen LogP contribution in [0.5, 0.6) is 0 Å². The molecule has 0 amide bonds. The average molecular weight is 187 g/mol. The molecule has 4 nitrogen and oxygen atoms in total. The van der Waals surface area contributed by atoms with Gasteiger partial charge in [0.25, 0.3) is 7.82 Å². The second-order valence-electron chi connectivity index (χ2n) is 0.491. The molecule has 0 saturated heterocycles. The molecule has 0 unspecified atom stereocenters. The van der Waals surface area contributed by atoms with Crippen LogP contribution in [0.3, 0.4) is 0 Å². The zero-order valence-corrected chi connectivity index (χ0v) is 9.02. The van der Waals surface area contributed by atoms with Crippen molar-refractivity contribution >= 4 is 7.82 Å². The molecule has 0 heterocycles. The molecule has 0 aromatic carbocycles. The Morgan fingerprint density at radius 2 is 1.43 bits per heavy atom. The predicted octanol–water partition coefficient (Wildman–Crippen LogP) is -4.56. The quantitative estimate of drug-likeness (QED) is 0.295. The summed E-state index contributed by atoms with van der Waals surface area (Å²) in [5.41, 5.74) is 0. The van der Waals surface area contributed by atoms with Gasteiger partial charge in [-0.05, 0) is 0 Å². The van der Waals surface area contributed by atoms with E-state index in [1.165, 1.54) is 0 Å². The molecule has 2 N–H and O–H groups in total. The molecule has 0 bridgehead atoms. The monoisotopic (exact) mass is 187 g/mol. The minimum absolute atomic E-state index is 0. The zero-order chi connectivity index (χ0) is 4.50. The van der Waals surface area contributed by atoms with Crippen molar-refractivity contribution in [2.75, 3.05) is 0 Å². The zero-order valence-electron chi connectivity index (χ0n) is 3.61. The van der Waals surface area contributed by atoms with Crippen LogP contribution in [0.4, 0.5) is 0 Å². The molecule has 37 valence electrons. The van der Waals surface area contributed by atoms with Crippen molar-refractivity contribution in [1.82, 2.24) is 0 Å². The SMILES string of the molecule is O=P([O-])(O)O.[K+].[V]. The molecular weight excluding hydrogens is 185 g/mol. The summed E-state index contributed by atoms with van der Waals surface area (Å²) < 4.78 is 8.77. The van der Waals surface area contributed by atoms with Gasteiger partial charge in [0.2, 0.25) is 0 Å². The van der Waals surface area contributed by atoms with Crippen LogP contribution in [0.1, 0.15) is 0 Å². The maximum Gasteiger partial charge on any atom is 1.00 e. The molecule has 0 aromatic rings. The largest absolute Gasteiger partial charge is 1.00 e. The Bertz CT molecular complexity index is 57.8. The molecule has 7 heavy (non-hydrogen) atoms. The van der Waals surface area contributed by atoms with E-state index in [4.69, 9.17) is 19.2 Å². The van der Waals surface area contributed by atoms with Gasteiger partial charge in [-0.15, -0.1) is 0 Å². The molecule has 0 saturated carbocycles. The number of hydrogen-bond acceptors (Lipinski definition) is 2. The normalized spacial score (nSPS) is 8.43. The Morgan fingerprint density at radius 3 is 1.43 bits per heavy atom. The minimum Gasteiger partial charge on any atom is -0.756 e. The fourth-order valence-corrected chi connectivity index (χ4v) is 0. The molecule has 7 heteroatoms. The van der Waals surface area contributed by atoms with Crippen LogP contribution >= 0.6 is 7.82 Å². The van der Waals surface area contributed by atoms with Gasteiger partial charge in [-0.2, -0.15) is 0 Å². The van der Waals surface area contributed by atoms with E-state index in [0.717, 1.165) is 0 Å². The van der Waals surface area contributed by atoms with E-state index in [0.29, 0.717) is 0 Å². The summed E-state index contributed by atoms with van der Waals surface area (Å²) in [4.78, 5) is 22.9. The van der Waals surface area contributed by atoms with Crippen LogP contribution in [0.25, 0.3) is 0 Å². The molecule has 1 radical (unpaired) electrons. The maximum atomic E-state index is 8.77. The molecule has 0 fully saturated rings. The third-order valence-corrected chi connectivity index (χ3v) is 0. The van der Waals surface area contributed by atoms with Crippen LogP contribution in [0, 0.1) is 0 Å². The minimum atomic E-state index is -4.89. The Labute approximate surface area is 95.2 Å². The van der Waals surface area contributed by atoms with Crippen molar-refractivity contribution in [3.63, 3.8) is 0 Å². The smallest absolute Gasteiger partial charge is 0.756 e. The van der Waals surface area contributed by atoms with E-state index >= 15 is 0 Å². The van der Waals surface area contributed by atoms with Crippen molar-refractivity contribution in [2.45, 2.75) is 0 Å². The maximum absolute atomic E-state index is 8.77. The van der Waals surface area contributed by atoms with Crippen LogP contribution in [0.2, 0.25) is 0 Å². The van der Waals surface area contributed by atoms with Gasteiger partial charge in [0.05, 0.1) is 0 Å². The summed E-state index contributed by atoms with van der Waals surface area (Å²) in [6.07, 6.45) is 0. The van der Waals surface area contributed by atoms with Crippen molar-refractivity contribution < 1.29 is 89.2 Å². The molecule has 0 atom stereocenters. The molecule has 0 spiro atoms. The summed E-state index contributed by atoms with van der Waals surface area (Å²) >= 11 is 0. The van der Waals surface area contributed by atoms with Gasteiger partial charge in [-0.3, -0.25) is 4.57 Å². The van der Waals surface area contributed by atoms with Gasteiger partial charge in [0, 0.05) is 18.6 Å². The second kappa shape index (κ2) is 6.45. The van der Waals surface area contributed by atoms with E-state index in [1.54, 1.807) is 0 Å². The summed E-state index contributed by atoms with van der Waals surface area (Å²) in [6.45, 7) is 0. The van der Waals surface area contributed by atoms with Crippen LogP contribution in [0.15, 0.2) is 0 Å². The first-order valence-corrected chi connectivity index (χ1v) is 2.30. The Balaban J connectivity index is -0.0000000800. The first-order chi connectivity index (χ1) is 2.00. The Kier molecular flexibility index (Phi) is 14.9. The van der Waals surface area contributed by atoms with Crippen molar-refractivity contribution in [3.05, 3.63) is 0 Å². The average Bonchev–Trinajstić information content (AvgIpc) is 0.722. The summed E-state index contributed by atoms with van der Waals surface area (Å²) in [5.74, 6) is 0. The Hall–Kier alpha value is 2.33. The van der Waals surface area contributed by atoms with E-state index in [1.807, 2.05) is 0 Å². The molecule has 0 rings (SSSR count). The third-order valence-electron chi connectivity index (χ3n) is 0. The van der Waals surface area contributed by atoms with E-state index in [9.17, 15) is 0 Å². The van der Waals surface area contributed by atoms with E-state index in [-0.39, 0.29) is 69.9 Å². The van der Waals surface area contributed by atoms with Crippen LogP contribution in [-0.2, 0) is 23.1 Å². The standard InChI is InChI=1S/K.H3O4P.V/c;1-5(2,3)4;/h;(H3,1,2,3,4);/q+1;;/p-1. The molecular formula is H2KO4PV. The van der Waals surface area contributed by atoms with Gasteiger partial charge in [-0.25, -0.2) is 0 Å². The molecule has 0 aliphatic heterocycles. The second-order valence-corrected chi connectivity index (χ2v) is 1.47. The van der Waals surface area contributed by atoms with Crippen molar-refractivity contribution in [3.8, 4) is 0 Å². The Morgan fingerprint density at radius 1 is 1.43 bits per heavy atom. The van der Waals surface area contributed by atoms with E-state index < -0.39 is 7.82 Å². The van der Waals surface area contributed by atoms with E-state index in [2.05, 4.69) is 0 Å². The van der Waals surface area contributed by atoms with Crippen molar-refractivity contribution in [2.24, 2.45) is 0 Å². The van der Waals surface area contributed by atoms with Gasteiger partial charge < -0.3 is 14.7 Å². The van der Waals surface area contributed by atoms with Gasteiger partial charge in [0.15, 0.2) is 0 Å². The first kappa shape index (κ1) is 16.2. The fraction of sp³-hybridized carbons (Fsp3) is 0. The fourth-order valence-electron chi connectivity index (χ4n) is 0. The molecule has 0 aliphatic carbocycles. The van der Waals surface area contributed by atoms with Crippen LogP contribution in [-0.4, -0.2) is 9.79 Å². The number of hydrogen-bond donors (Lipinski definition) is 2. The van der Waals surface area contributed by atoms with Gasteiger partial charge in [-0.1, -0.05) is 0 Å². The summed E-state index contributed by atoms with van der Waals surface area (Å²) in [5, 5.41) is 0. The molecule has 0 aliphatic rings.